The molecule has 1 unspecified atom stereocenters. The summed E-state index contributed by atoms with van der Waals surface area (Å²) in [6.45, 7) is 4.17. The van der Waals surface area contributed by atoms with Gasteiger partial charge in [-0.2, -0.15) is 5.26 Å². The minimum Gasteiger partial charge on any atom is -0.447 e. The van der Waals surface area contributed by atoms with Gasteiger partial charge < -0.3 is 25.0 Å². The Labute approximate surface area is 228 Å². The molecule has 2 fully saturated rings. The van der Waals surface area contributed by atoms with Gasteiger partial charge in [0.05, 0.1) is 12.0 Å². The lowest BCUT2D eigenvalue weighted by Gasteiger charge is -2.41. The maximum Gasteiger partial charge on any atom is 0.475 e. The van der Waals surface area contributed by atoms with Crippen LogP contribution >= 0.6 is 0 Å². The predicted octanol–water partition coefficient (Wildman–Crippen LogP) is 2.68. The fourth-order valence-electron chi connectivity index (χ4n) is 5.06. The Balaban J connectivity index is 1.62. The molecule has 12 heteroatoms. The average Bonchev–Trinajstić information content (AvgIpc) is 2.90. The highest BCUT2D eigenvalue weighted by molar-refractivity contribution is 6.43. The molecule has 3 N–H and O–H groups in total. The molecule has 0 radical (unpaired) electrons. The molecule has 0 spiro atoms. The van der Waals surface area contributed by atoms with Crippen LogP contribution in [0.1, 0.15) is 51.5 Å². The number of alkyl halides is 2. The molecule has 2 aliphatic rings. The summed E-state index contributed by atoms with van der Waals surface area (Å²) in [5, 5.41) is 31.7. The quantitative estimate of drug-likeness (QED) is 0.247. The molecule has 2 atom stereocenters. The van der Waals surface area contributed by atoms with Crippen LogP contribution in [-0.4, -0.2) is 88.7 Å². The summed E-state index contributed by atoms with van der Waals surface area (Å²) in [6, 6.07) is 10.6. The molecule has 2 amide bonds. The van der Waals surface area contributed by atoms with Crippen LogP contribution in [-0.2, 0) is 16.0 Å². The number of ether oxygens (including phenoxy) is 1. The number of hydrogen-bond acceptors (Lipinski definition) is 7. The molecule has 0 aromatic heterocycles. The predicted molar refractivity (Wildman–Crippen MR) is 141 cm³/mol. The Morgan fingerprint density at radius 2 is 1.90 bits per heavy atom. The summed E-state index contributed by atoms with van der Waals surface area (Å²) in [4.78, 5) is 29.2. The molecule has 2 aliphatic heterocycles. The van der Waals surface area contributed by atoms with Gasteiger partial charge >= 0.3 is 13.2 Å². The zero-order valence-electron chi connectivity index (χ0n) is 22.5. The fraction of sp³-hybridized carbons (Fsp3) is 0.593. The molecule has 0 saturated carbocycles. The second-order valence-electron chi connectivity index (χ2n) is 10.8. The van der Waals surface area contributed by atoms with Gasteiger partial charge in [0.15, 0.2) is 0 Å². The van der Waals surface area contributed by atoms with E-state index in [1.54, 1.807) is 38.1 Å². The maximum absolute atomic E-state index is 13.6. The lowest BCUT2D eigenvalue weighted by atomic mass is 9.76. The summed E-state index contributed by atoms with van der Waals surface area (Å²) >= 11 is 0. The van der Waals surface area contributed by atoms with Crippen LogP contribution in [0.25, 0.3) is 0 Å². The van der Waals surface area contributed by atoms with E-state index in [1.807, 2.05) is 17.0 Å². The smallest absolute Gasteiger partial charge is 0.447 e. The van der Waals surface area contributed by atoms with E-state index in [4.69, 9.17) is 4.74 Å². The molecule has 1 aromatic carbocycles. The highest BCUT2D eigenvalue weighted by atomic mass is 19.3. The normalized spacial score (nSPS) is 21.0. The number of amides is 2. The zero-order chi connectivity index (χ0) is 28.6. The number of nitriles is 1. The van der Waals surface area contributed by atoms with Crippen molar-refractivity contribution >= 4 is 19.1 Å². The summed E-state index contributed by atoms with van der Waals surface area (Å²) in [5.41, 5.74) is -0.0606. The second kappa shape index (κ2) is 13.4. The minimum atomic E-state index is -2.70. The maximum atomic E-state index is 13.6. The number of nitrogens with zero attached hydrogens (tertiary/aromatic N) is 3. The van der Waals surface area contributed by atoms with E-state index in [0.29, 0.717) is 13.0 Å². The number of piperidine rings is 2. The number of carbonyl (C=O) groups excluding carboxylic acids is 2. The molecule has 0 aliphatic carbocycles. The van der Waals surface area contributed by atoms with Crippen molar-refractivity contribution in [3.05, 3.63) is 47.5 Å². The van der Waals surface area contributed by atoms with Gasteiger partial charge in [-0.3, -0.25) is 9.69 Å². The molecule has 2 heterocycles. The molecule has 1 aromatic rings. The van der Waals surface area contributed by atoms with Crippen LogP contribution < -0.4 is 5.32 Å². The van der Waals surface area contributed by atoms with Crippen LogP contribution in [0.2, 0.25) is 0 Å². The SMILES string of the molecule is CC(C)(C=C(C#N)C(=O)N1CCCC[C@@H]1COC(=O)NC(Cc1ccccc1)B(O)O)N1CCC(F)(F)CC1. The Morgan fingerprint density at radius 3 is 2.51 bits per heavy atom. The molecule has 212 valence electrons. The van der Waals surface area contributed by atoms with Gasteiger partial charge in [0.25, 0.3) is 11.8 Å². The monoisotopic (exact) mass is 546 g/mol. The highest BCUT2D eigenvalue weighted by Crippen LogP contribution is 2.32. The number of alkyl carbamates (subject to hydrolysis) is 1. The van der Waals surface area contributed by atoms with Crippen LogP contribution in [0, 0.1) is 11.3 Å². The first-order chi connectivity index (χ1) is 18.4. The van der Waals surface area contributed by atoms with Crippen molar-refractivity contribution in [2.24, 2.45) is 0 Å². The summed E-state index contributed by atoms with van der Waals surface area (Å²) < 4.78 is 32.6. The third-order valence-electron chi connectivity index (χ3n) is 7.41. The van der Waals surface area contributed by atoms with E-state index in [0.717, 1.165) is 18.4 Å². The minimum absolute atomic E-state index is 0.0833. The van der Waals surface area contributed by atoms with Crippen molar-refractivity contribution in [2.45, 2.75) is 75.8 Å². The number of likely N-dealkylation sites (tertiary alicyclic amines) is 2. The van der Waals surface area contributed by atoms with Gasteiger partial charge in [-0.15, -0.1) is 0 Å². The number of rotatable bonds is 9. The van der Waals surface area contributed by atoms with Crippen LogP contribution in [0.15, 0.2) is 42.0 Å². The fourth-order valence-corrected chi connectivity index (χ4v) is 5.06. The van der Waals surface area contributed by atoms with E-state index >= 15 is 0 Å². The van der Waals surface area contributed by atoms with Crippen molar-refractivity contribution in [1.82, 2.24) is 15.1 Å². The number of hydrogen-bond donors (Lipinski definition) is 3. The van der Waals surface area contributed by atoms with E-state index in [1.165, 1.54) is 11.0 Å². The summed E-state index contributed by atoms with van der Waals surface area (Å²) in [7, 11) is -1.80. The van der Waals surface area contributed by atoms with Crippen molar-refractivity contribution in [3.63, 3.8) is 0 Å². The number of benzene rings is 1. The van der Waals surface area contributed by atoms with Crippen LogP contribution in [0.4, 0.5) is 13.6 Å². The van der Waals surface area contributed by atoms with Crippen molar-refractivity contribution in [2.75, 3.05) is 26.2 Å². The van der Waals surface area contributed by atoms with Gasteiger partial charge in [0.2, 0.25) is 0 Å². The van der Waals surface area contributed by atoms with Gasteiger partial charge in [-0.1, -0.05) is 30.3 Å². The first-order valence-corrected chi connectivity index (χ1v) is 13.3. The lowest BCUT2D eigenvalue weighted by molar-refractivity contribution is -0.131. The number of halogens is 2. The molecular weight excluding hydrogens is 509 g/mol. The van der Waals surface area contributed by atoms with Gasteiger partial charge in [-0.05, 0) is 51.2 Å². The first-order valence-electron chi connectivity index (χ1n) is 13.3. The third kappa shape index (κ3) is 8.75. The summed E-state index contributed by atoms with van der Waals surface area (Å²) in [5.74, 6) is -4.18. The van der Waals surface area contributed by atoms with Crippen molar-refractivity contribution in [3.8, 4) is 6.07 Å². The first kappa shape index (κ1) is 30.5. The van der Waals surface area contributed by atoms with Crippen molar-refractivity contribution < 1.29 is 33.2 Å². The van der Waals surface area contributed by atoms with Crippen LogP contribution in [0.5, 0.6) is 0 Å². The molecular formula is C27H37BF2N4O5. The second-order valence-corrected chi connectivity index (χ2v) is 10.8. The topological polar surface area (TPSA) is 126 Å². The molecule has 9 nitrogen and oxygen atoms in total. The largest absolute Gasteiger partial charge is 0.475 e. The molecule has 3 rings (SSSR count). The van der Waals surface area contributed by atoms with Gasteiger partial charge in [0, 0.05) is 38.0 Å². The van der Waals surface area contributed by atoms with E-state index in [-0.39, 0.29) is 44.5 Å². The van der Waals surface area contributed by atoms with Gasteiger partial charge in [-0.25, -0.2) is 13.6 Å². The Kier molecular flexibility index (Phi) is 10.5. The molecule has 2 saturated heterocycles. The van der Waals surface area contributed by atoms with Gasteiger partial charge in [0.1, 0.15) is 18.2 Å². The van der Waals surface area contributed by atoms with Crippen LogP contribution in [0.3, 0.4) is 0 Å². The van der Waals surface area contributed by atoms with E-state index in [2.05, 4.69) is 5.32 Å². The van der Waals surface area contributed by atoms with E-state index < -0.39 is 42.6 Å². The standard InChI is InChI=1S/C27H37BF2N4O5/c1-26(2,33-14-11-27(29,30)12-15-33)17-21(18-31)24(35)34-13-7-6-10-22(34)19-39-25(36)32-23(28(37)38)16-20-8-4-3-5-9-20/h3-5,8-9,17,22-23,37-38H,6-7,10-16,19H2,1-2H3,(H,32,36)/t22-,23?/m1/s1. The lowest BCUT2D eigenvalue weighted by Crippen LogP contribution is -2.51. The Hall–Kier alpha value is -3.01. The number of carbonyl (C=O) groups is 2. The molecule has 39 heavy (non-hydrogen) atoms. The van der Waals surface area contributed by atoms with E-state index in [9.17, 15) is 33.7 Å². The zero-order valence-corrected chi connectivity index (χ0v) is 22.5. The average molecular weight is 546 g/mol. The molecule has 0 bridgehead atoms. The Bertz CT molecular complexity index is 1050. The van der Waals surface area contributed by atoms with Crippen molar-refractivity contribution in [1.29, 1.82) is 5.26 Å². The summed E-state index contributed by atoms with van der Waals surface area (Å²) in [6.07, 6.45) is 2.44. The highest BCUT2D eigenvalue weighted by Gasteiger charge is 2.39. The number of nitrogens with one attached hydrogen (secondary N) is 1. The Morgan fingerprint density at radius 1 is 1.23 bits per heavy atom. The third-order valence-corrected chi connectivity index (χ3v) is 7.41.